The Morgan fingerprint density at radius 3 is 2.58 bits per heavy atom. The van der Waals surface area contributed by atoms with Gasteiger partial charge in [0, 0.05) is 24.5 Å². The van der Waals surface area contributed by atoms with E-state index in [0.29, 0.717) is 16.8 Å². The Bertz CT molecular complexity index is 563. The summed E-state index contributed by atoms with van der Waals surface area (Å²) in [5.74, 6) is 0.820. The van der Waals surface area contributed by atoms with E-state index in [2.05, 4.69) is 10.5 Å². The van der Waals surface area contributed by atoms with Crippen molar-refractivity contribution >= 4 is 23.5 Å². The zero-order chi connectivity index (χ0) is 18.0. The second-order valence-electron chi connectivity index (χ2n) is 7.37. The van der Waals surface area contributed by atoms with Crippen LogP contribution in [-0.4, -0.2) is 45.5 Å². The van der Waals surface area contributed by atoms with E-state index < -0.39 is 16.3 Å². The Kier molecular flexibility index (Phi) is 5.99. The SMILES string of the molecule is CC(O)C(C)(C)c1cc(NC(=O)C(C)(C)SC2CCOCC2)no1. The van der Waals surface area contributed by atoms with Gasteiger partial charge in [0.15, 0.2) is 5.82 Å². The zero-order valence-corrected chi connectivity index (χ0v) is 15.9. The van der Waals surface area contributed by atoms with Gasteiger partial charge in [-0.15, -0.1) is 11.8 Å². The van der Waals surface area contributed by atoms with E-state index in [1.807, 2.05) is 27.7 Å². The van der Waals surface area contributed by atoms with Gasteiger partial charge in [-0.05, 0) is 33.6 Å². The van der Waals surface area contributed by atoms with Crippen molar-refractivity contribution in [3.05, 3.63) is 11.8 Å². The number of hydrogen-bond donors (Lipinski definition) is 2. The molecule has 6 nitrogen and oxygen atoms in total. The molecule has 136 valence electrons. The van der Waals surface area contributed by atoms with E-state index in [9.17, 15) is 9.90 Å². The lowest BCUT2D eigenvalue weighted by atomic mass is 9.85. The van der Waals surface area contributed by atoms with Gasteiger partial charge in [-0.25, -0.2) is 0 Å². The van der Waals surface area contributed by atoms with Crippen molar-refractivity contribution in [3.8, 4) is 0 Å². The number of aromatic nitrogens is 1. The minimum Gasteiger partial charge on any atom is -0.392 e. The predicted octanol–water partition coefficient (Wildman–Crippen LogP) is 2.96. The van der Waals surface area contributed by atoms with Crippen molar-refractivity contribution < 1.29 is 19.2 Å². The summed E-state index contributed by atoms with van der Waals surface area (Å²) in [6, 6.07) is 1.68. The van der Waals surface area contributed by atoms with Gasteiger partial charge in [0.1, 0.15) is 5.76 Å². The fraction of sp³-hybridized carbons (Fsp3) is 0.765. The lowest BCUT2D eigenvalue weighted by molar-refractivity contribution is -0.117. The molecule has 1 unspecified atom stereocenters. The summed E-state index contributed by atoms with van der Waals surface area (Å²) in [4.78, 5) is 12.6. The number of thioether (sulfide) groups is 1. The molecular formula is C17H28N2O4S. The van der Waals surface area contributed by atoms with Gasteiger partial charge in [0.25, 0.3) is 0 Å². The highest BCUT2D eigenvalue weighted by Gasteiger charge is 2.34. The number of nitrogens with one attached hydrogen (secondary N) is 1. The largest absolute Gasteiger partial charge is 0.392 e. The molecule has 1 aliphatic heterocycles. The quantitative estimate of drug-likeness (QED) is 0.815. The molecule has 0 aromatic carbocycles. The molecule has 24 heavy (non-hydrogen) atoms. The first-order valence-electron chi connectivity index (χ1n) is 8.35. The molecule has 1 amide bonds. The smallest absolute Gasteiger partial charge is 0.241 e. The maximum atomic E-state index is 12.6. The lowest BCUT2D eigenvalue weighted by Crippen LogP contribution is -2.37. The predicted molar refractivity (Wildman–Crippen MR) is 95.4 cm³/mol. The summed E-state index contributed by atoms with van der Waals surface area (Å²) in [7, 11) is 0. The van der Waals surface area contributed by atoms with Crippen LogP contribution in [0, 0.1) is 0 Å². The number of aliphatic hydroxyl groups excluding tert-OH is 1. The van der Waals surface area contributed by atoms with E-state index in [4.69, 9.17) is 9.26 Å². The molecule has 2 heterocycles. The molecular weight excluding hydrogens is 328 g/mol. The summed E-state index contributed by atoms with van der Waals surface area (Å²) in [6.07, 6.45) is 1.35. The Morgan fingerprint density at radius 2 is 2.00 bits per heavy atom. The van der Waals surface area contributed by atoms with Crippen LogP contribution in [0.1, 0.15) is 53.2 Å². The summed E-state index contributed by atoms with van der Waals surface area (Å²) < 4.78 is 10.1. The normalized spacial score (nSPS) is 18.4. The molecule has 0 saturated carbocycles. The molecule has 0 bridgehead atoms. The third kappa shape index (κ3) is 4.52. The molecule has 2 N–H and O–H groups in total. The number of carbonyl (C=O) groups excluding carboxylic acids is 1. The Morgan fingerprint density at radius 1 is 1.38 bits per heavy atom. The van der Waals surface area contributed by atoms with Crippen LogP contribution in [0.2, 0.25) is 0 Å². The molecule has 1 saturated heterocycles. The molecule has 1 aromatic rings. The lowest BCUT2D eigenvalue weighted by Gasteiger charge is -2.30. The molecule has 0 spiro atoms. The standard InChI is InChI=1S/C17H28N2O4S/c1-11(20)16(2,3)13-10-14(19-23-13)18-15(21)17(4,5)24-12-6-8-22-9-7-12/h10-12,20H,6-9H2,1-5H3,(H,18,19,21). The maximum Gasteiger partial charge on any atom is 0.241 e. The van der Waals surface area contributed by atoms with Crippen molar-refractivity contribution in [2.24, 2.45) is 0 Å². The molecule has 1 fully saturated rings. The molecule has 0 aliphatic carbocycles. The van der Waals surface area contributed by atoms with Crippen LogP contribution in [0.3, 0.4) is 0 Å². The first-order chi connectivity index (χ1) is 11.1. The van der Waals surface area contributed by atoms with Gasteiger partial charge in [-0.2, -0.15) is 0 Å². The topological polar surface area (TPSA) is 84.6 Å². The van der Waals surface area contributed by atoms with Crippen LogP contribution in [0.25, 0.3) is 0 Å². The number of rotatable bonds is 6. The van der Waals surface area contributed by atoms with E-state index in [0.717, 1.165) is 26.1 Å². The molecule has 1 atom stereocenters. The third-order valence-electron chi connectivity index (χ3n) is 4.61. The van der Waals surface area contributed by atoms with E-state index >= 15 is 0 Å². The monoisotopic (exact) mass is 356 g/mol. The van der Waals surface area contributed by atoms with E-state index in [-0.39, 0.29) is 5.91 Å². The van der Waals surface area contributed by atoms with Crippen LogP contribution < -0.4 is 5.32 Å². The van der Waals surface area contributed by atoms with E-state index in [1.54, 1.807) is 24.8 Å². The maximum absolute atomic E-state index is 12.6. The molecule has 1 aromatic heterocycles. The van der Waals surface area contributed by atoms with Crippen LogP contribution >= 0.6 is 11.8 Å². The van der Waals surface area contributed by atoms with Crippen LogP contribution in [-0.2, 0) is 14.9 Å². The minimum atomic E-state index is -0.588. The Labute approximate surface area is 147 Å². The van der Waals surface area contributed by atoms with Gasteiger partial charge >= 0.3 is 0 Å². The van der Waals surface area contributed by atoms with Crippen LogP contribution in [0.15, 0.2) is 10.6 Å². The minimum absolute atomic E-state index is 0.103. The average Bonchev–Trinajstić information content (AvgIpc) is 2.97. The third-order valence-corrected chi connectivity index (χ3v) is 6.19. The highest BCUT2D eigenvalue weighted by molar-refractivity contribution is 8.02. The number of anilines is 1. The van der Waals surface area contributed by atoms with Crippen molar-refractivity contribution in [1.82, 2.24) is 5.16 Å². The highest BCUT2D eigenvalue weighted by Crippen LogP contribution is 2.35. The number of ether oxygens (including phenoxy) is 1. The highest BCUT2D eigenvalue weighted by atomic mass is 32.2. The van der Waals surface area contributed by atoms with Crippen molar-refractivity contribution in [2.75, 3.05) is 18.5 Å². The van der Waals surface area contributed by atoms with E-state index in [1.165, 1.54) is 0 Å². The Balaban J connectivity index is 1.99. The van der Waals surface area contributed by atoms with Gasteiger partial charge in [-0.1, -0.05) is 19.0 Å². The van der Waals surface area contributed by atoms with Crippen LogP contribution in [0.5, 0.6) is 0 Å². The molecule has 0 radical (unpaired) electrons. The van der Waals surface area contributed by atoms with Gasteiger partial charge in [-0.3, -0.25) is 4.79 Å². The second kappa shape index (κ2) is 7.45. The fourth-order valence-electron chi connectivity index (χ4n) is 2.37. The summed E-state index contributed by atoms with van der Waals surface area (Å²) in [6.45, 7) is 10.8. The first-order valence-corrected chi connectivity index (χ1v) is 9.23. The first kappa shape index (κ1) is 19.3. The number of hydrogen-bond acceptors (Lipinski definition) is 6. The van der Waals surface area contributed by atoms with Gasteiger partial charge < -0.3 is 19.7 Å². The number of amides is 1. The summed E-state index contributed by atoms with van der Waals surface area (Å²) in [5, 5.41) is 17.0. The number of nitrogens with zero attached hydrogens (tertiary/aromatic N) is 1. The second-order valence-corrected chi connectivity index (χ2v) is 9.29. The zero-order valence-electron chi connectivity index (χ0n) is 15.1. The summed E-state index contributed by atoms with van der Waals surface area (Å²) in [5.41, 5.74) is -0.567. The van der Waals surface area contributed by atoms with Crippen molar-refractivity contribution in [2.45, 2.75) is 69.0 Å². The average molecular weight is 356 g/mol. The number of aliphatic hydroxyl groups is 1. The molecule has 7 heteroatoms. The molecule has 1 aliphatic rings. The van der Waals surface area contributed by atoms with Gasteiger partial charge in [0.05, 0.1) is 16.3 Å². The molecule has 2 rings (SSSR count). The fourth-order valence-corrected chi connectivity index (χ4v) is 3.79. The Hall–Kier alpha value is -1.05. The van der Waals surface area contributed by atoms with Crippen molar-refractivity contribution in [3.63, 3.8) is 0 Å². The summed E-state index contributed by atoms with van der Waals surface area (Å²) >= 11 is 1.68. The van der Waals surface area contributed by atoms with Crippen LogP contribution in [0.4, 0.5) is 5.82 Å². The van der Waals surface area contributed by atoms with Crippen molar-refractivity contribution in [1.29, 1.82) is 0 Å². The number of carbonyl (C=O) groups is 1. The van der Waals surface area contributed by atoms with Gasteiger partial charge in [0.2, 0.25) is 5.91 Å².